The maximum Gasteiger partial charge on any atom is 0.227 e. The molecule has 0 spiro atoms. The Morgan fingerprint density at radius 1 is 0.509 bits per heavy atom. The van der Waals surface area contributed by atoms with Crippen molar-refractivity contribution >= 4 is 103 Å². The van der Waals surface area contributed by atoms with Crippen molar-refractivity contribution in [1.82, 2.24) is 9.55 Å². The van der Waals surface area contributed by atoms with Crippen molar-refractivity contribution < 1.29 is 8.83 Å². The Balaban J connectivity index is 1.28. The summed E-state index contributed by atoms with van der Waals surface area (Å²) < 4.78 is 18.2. The molecule has 0 fully saturated rings. The number of nitrogens with zero attached hydrogens (tertiary/aromatic N) is 3. The molecule has 12 aromatic rings. The van der Waals surface area contributed by atoms with Crippen molar-refractivity contribution in [3.05, 3.63) is 176 Å². The van der Waals surface area contributed by atoms with E-state index in [0.29, 0.717) is 11.5 Å². The van der Waals surface area contributed by atoms with Crippen molar-refractivity contribution in [2.75, 3.05) is 4.90 Å². The smallest absolute Gasteiger partial charge is 0.227 e. The maximum atomic E-state index is 6.66. The van der Waals surface area contributed by atoms with Crippen molar-refractivity contribution in [3.63, 3.8) is 0 Å². The third kappa shape index (κ3) is 4.49. The first kappa shape index (κ1) is 30.3. The topological polar surface area (TPSA) is 47.3 Å². The van der Waals surface area contributed by atoms with Crippen LogP contribution in [0.5, 0.6) is 0 Å². The lowest BCUT2D eigenvalue weighted by atomic mass is 10.0. The molecule has 55 heavy (non-hydrogen) atoms. The summed E-state index contributed by atoms with van der Waals surface area (Å²) in [6.45, 7) is 0. The van der Waals surface area contributed by atoms with Gasteiger partial charge in [0.25, 0.3) is 0 Å². The predicted molar refractivity (Wildman–Crippen MR) is 229 cm³/mol. The molecule has 4 aromatic heterocycles. The molecule has 0 radical (unpaired) electrons. The summed E-state index contributed by atoms with van der Waals surface area (Å²) in [5.74, 6) is 0.560. The maximum absolute atomic E-state index is 6.66. The minimum Gasteiger partial charge on any atom is -0.456 e. The van der Waals surface area contributed by atoms with Crippen LogP contribution < -0.4 is 4.90 Å². The second-order valence-electron chi connectivity index (χ2n) is 13.9. The Hall–Kier alpha value is -7.15. The van der Waals surface area contributed by atoms with Gasteiger partial charge in [-0.05, 0) is 66.7 Å². The molecular formula is C49H29N3O2S. The number of thiophene rings is 1. The number of benzene rings is 8. The Morgan fingerprint density at radius 3 is 2.09 bits per heavy atom. The minimum atomic E-state index is 0.560. The van der Waals surface area contributed by atoms with Crippen LogP contribution in [0.4, 0.5) is 17.1 Å². The minimum absolute atomic E-state index is 0.560. The number of aromatic nitrogens is 2. The molecule has 0 saturated heterocycles. The van der Waals surface area contributed by atoms with Gasteiger partial charge in [-0.25, -0.2) is 4.98 Å². The third-order valence-electron chi connectivity index (χ3n) is 10.8. The number of fused-ring (bicyclic) bond motifs is 10. The van der Waals surface area contributed by atoms with Crippen LogP contribution in [-0.4, -0.2) is 9.55 Å². The number of anilines is 3. The van der Waals surface area contributed by atoms with Crippen LogP contribution in [0.2, 0.25) is 0 Å². The first-order valence-electron chi connectivity index (χ1n) is 18.4. The van der Waals surface area contributed by atoms with Crippen molar-refractivity contribution in [1.29, 1.82) is 0 Å². The Morgan fingerprint density at radius 2 is 1.22 bits per heavy atom. The van der Waals surface area contributed by atoms with E-state index in [-0.39, 0.29) is 0 Å². The number of furan rings is 1. The van der Waals surface area contributed by atoms with E-state index in [1.807, 2.05) is 59.9 Å². The van der Waals surface area contributed by atoms with E-state index in [0.717, 1.165) is 72.2 Å². The van der Waals surface area contributed by atoms with Crippen molar-refractivity contribution in [2.24, 2.45) is 0 Å². The summed E-state index contributed by atoms with van der Waals surface area (Å²) in [6.07, 6.45) is 0. The fourth-order valence-electron chi connectivity index (χ4n) is 8.44. The second-order valence-corrected chi connectivity index (χ2v) is 15.0. The zero-order valence-corrected chi connectivity index (χ0v) is 30.1. The van der Waals surface area contributed by atoms with E-state index in [1.54, 1.807) is 0 Å². The largest absolute Gasteiger partial charge is 0.456 e. The van der Waals surface area contributed by atoms with Crippen LogP contribution in [0.15, 0.2) is 185 Å². The van der Waals surface area contributed by atoms with Crippen LogP contribution in [0.1, 0.15) is 0 Å². The zero-order chi connectivity index (χ0) is 36.0. The third-order valence-corrected chi connectivity index (χ3v) is 11.9. The van der Waals surface area contributed by atoms with Gasteiger partial charge in [-0.1, -0.05) is 103 Å². The van der Waals surface area contributed by atoms with Crippen LogP contribution in [-0.2, 0) is 0 Å². The molecule has 5 nitrogen and oxygen atoms in total. The molecule has 0 amide bonds. The molecule has 12 rings (SSSR count). The van der Waals surface area contributed by atoms with E-state index in [2.05, 4.69) is 137 Å². The van der Waals surface area contributed by atoms with Gasteiger partial charge in [0.05, 0.1) is 27.8 Å². The monoisotopic (exact) mass is 723 g/mol. The molecule has 258 valence electrons. The van der Waals surface area contributed by atoms with Gasteiger partial charge in [0.15, 0.2) is 5.58 Å². The molecule has 8 aromatic carbocycles. The highest BCUT2D eigenvalue weighted by Gasteiger charge is 2.29. The second kappa shape index (κ2) is 11.7. The molecule has 0 aliphatic carbocycles. The summed E-state index contributed by atoms with van der Waals surface area (Å²) in [4.78, 5) is 7.74. The summed E-state index contributed by atoms with van der Waals surface area (Å²) in [5.41, 5.74) is 10.1. The lowest BCUT2D eigenvalue weighted by Crippen LogP contribution is -2.13. The molecule has 0 aliphatic rings. The molecule has 4 heterocycles. The number of para-hydroxylation sites is 4. The number of hydrogen-bond acceptors (Lipinski definition) is 5. The standard InChI is InChI=1S/C49H29N3O2S/c1-3-14-30(15-4-1)49-50-46-42(54-49)29-41-45(36-20-8-11-24-40(36)53-41)48(46)52(32-26-27-44-37(28-32)34-19-9-12-25-43(34)55-44)39-23-13-21-35-33-18-7-10-22-38(33)51(47(35)39)31-16-5-2-6-17-31/h1-29H. The molecular weight excluding hydrogens is 695 g/mol. The van der Waals surface area contributed by atoms with Crippen LogP contribution >= 0.6 is 11.3 Å². The molecule has 0 atom stereocenters. The van der Waals surface area contributed by atoms with Gasteiger partial charge in [-0.2, -0.15) is 0 Å². The summed E-state index contributed by atoms with van der Waals surface area (Å²) in [7, 11) is 0. The number of hydrogen-bond donors (Lipinski definition) is 0. The van der Waals surface area contributed by atoms with E-state index in [1.165, 1.54) is 25.6 Å². The first-order valence-corrected chi connectivity index (χ1v) is 19.2. The van der Waals surface area contributed by atoms with E-state index in [4.69, 9.17) is 13.8 Å². The molecule has 6 heteroatoms. The SMILES string of the molecule is c1ccc(-c2nc3c(N(c4ccc5sc6ccccc6c5c4)c4cccc5c6ccccc6n(-c6ccccc6)c45)c4c(cc3o2)oc2ccccc24)cc1. The summed E-state index contributed by atoms with van der Waals surface area (Å²) in [6, 6.07) is 61.9. The lowest BCUT2D eigenvalue weighted by molar-refractivity contribution is 0.617. The van der Waals surface area contributed by atoms with Gasteiger partial charge in [-0.3, -0.25) is 0 Å². The van der Waals surface area contributed by atoms with Crippen LogP contribution in [0.3, 0.4) is 0 Å². The van der Waals surface area contributed by atoms with E-state index >= 15 is 0 Å². The van der Waals surface area contributed by atoms with Gasteiger partial charge in [0.2, 0.25) is 5.89 Å². The van der Waals surface area contributed by atoms with Gasteiger partial charge in [0, 0.05) is 59.3 Å². The van der Waals surface area contributed by atoms with Gasteiger partial charge in [0.1, 0.15) is 16.7 Å². The quantitative estimate of drug-likeness (QED) is 0.177. The molecule has 0 N–H and O–H groups in total. The van der Waals surface area contributed by atoms with Gasteiger partial charge in [-0.15, -0.1) is 11.3 Å². The Kier molecular flexibility index (Phi) is 6.44. The highest BCUT2D eigenvalue weighted by Crippen LogP contribution is 2.51. The average molecular weight is 724 g/mol. The first-order chi connectivity index (χ1) is 27.3. The van der Waals surface area contributed by atoms with E-state index < -0.39 is 0 Å². The zero-order valence-electron chi connectivity index (χ0n) is 29.3. The summed E-state index contributed by atoms with van der Waals surface area (Å²) >= 11 is 1.82. The predicted octanol–water partition coefficient (Wildman–Crippen LogP) is 14.3. The number of rotatable bonds is 5. The molecule has 0 bridgehead atoms. The van der Waals surface area contributed by atoms with E-state index in [9.17, 15) is 0 Å². The Bertz CT molecular complexity index is 3450. The molecule has 0 unspecified atom stereocenters. The fourth-order valence-corrected chi connectivity index (χ4v) is 9.52. The van der Waals surface area contributed by atoms with Crippen molar-refractivity contribution in [3.8, 4) is 17.1 Å². The molecule has 0 saturated carbocycles. The highest BCUT2D eigenvalue weighted by molar-refractivity contribution is 7.25. The van der Waals surface area contributed by atoms with Gasteiger partial charge >= 0.3 is 0 Å². The fraction of sp³-hybridized carbons (Fsp3) is 0. The Labute approximate surface area is 318 Å². The summed E-state index contributed by atoms with van der Waals surface area (Å²) in [5, 5.41) is 6.80. The highest BCUT2D eigenvalue weighted by atomic mass is 32.1. The average Bonchev–Trinajstić information content (AvgIpc) is 4.02. The van der Waals surface area contributed by atoms with Crippen LogP contribution in [0.25, 0.3) is 92.2 Å². The molecule has 0 aliphatic heterocycles. The van der Waals surface area contributed by atoms with Gasteiger partial charge < -0.3 is 18.3 Å². The van der Waals surface area contributed by atoms with Crippen molar-refractivity contribution in [2.45, 2.75) is 0 Å². The van der Waals surface area contributed by atoms with Crippen LogP contribution in [0, 0.1) is 0 Å². The lowest BCUT2D eigenvalue weighted by Gasteiger charge is -2.28. The number of oxazole rings is 1. The normalized spacial score (nSPS) is 12.0.